The molecule has 0 saturated carbocycles. The highest BCUT2D eigenvalue weighted by molar-refractivity contribution is 6.40. The van der Waals surface area contributed by atoms with Gasteiger partial charge in [-0.15, -0.1) is 0 Å². The van der Waals surface area contributed by atoms with Crippen molar-refractivity contribution in [3.63, 3.8) is 0 Å². The molecule has 0 spiro atoms. The Hall–Kier alpha value is -3.31. The molecule has 0 aromatic heterocycles. The van der Waals surface area contributed by atoms with Gasteiger partial charge in [-0.2, -0.15) is 0 Å². The number of hydrogen-bond donors (Lipinski definition) is 2. The molecule has 2 aromatic rings. The number of ketones is 1. The highest BCUT2D eigenvalue weighted by Crippen LogP contribution is 2.52. The number of nitrogens with zero attached hydrogens (tertiary/aromatic N) is 1. The highest BCUT2D eigenvalue weighted by atomic mass is 35.5. The molecule has 5 rings (SSSR count). The molecule has 5 nitrogen and oxygen atoms in total. The molecule has 1 amide bonds. The third-order valence-corrected chi connectivity index (χ3v) is 7.53. The van der Waals surface area contributed by atoms with E-state index >= 15 is 0 Å². The van der Waals surface area contributed by atoms with Crippen molar-refractivity contribution in [2.24, 2.45) is 5.92 Å². The first-order valence-corrected chi connectivity index (χ1v) is 12.3. The van der Waals surface area contributed by atoms with Crippen LogP contribution in [-0.2, 0) is 15.0 Å². The molecule has 2 N–H and O–H groups in total. The molecule has 0 atom stereocenters. The van der Waals surface area contributed by atoms with Gasteiger partial charge in [0.2, 0.25) is 5.78 Å². The van der Waals surface area contributed by atoms with E-state index in [4.69, 9.17) is 11.6 Å². The molecule has 0 unspecified atom stereocenters. The number of aliphatic hydroxyl groups is 1. The average Bonchev–Trinajstić information content (AvgIpc) is 3.22. The molecule has 180 valence electrons. The molecule has 6 heteroatoms. The SMILES string of the molecule is C/C(C1=C(O)/C(=C2/C(=O)Nc3ccccc32)C1=O)=C1\N(CCC(C)C)c2ccc(Cl)cc2C1(C)C. The number of fused-ring (bicyclic) bond motifs is 2. The Morgan fingerprint density at radius 1 is 1.11 bits per heavy atom. The summed E-state index contributed by atoms with van der Waals surface area (Å²) in [5.41, 5.74) is 5.34. The van der Waals surface area contributed by atoms with Crippen molar-refractivity contribution in [2.45, 2.75) is 46.5 Å². The van der Waals surface area contributed by atoms with Gasteiger partial charge < -0.3 is 15.3 Å². The molecule has 2 aromatic carbocycles. The lowest BCUT2D eigenvalue weighted by Crippen LogP contribution is -2.33. The second-order valence-corrected chi connectivity index (χ2v) is 10.8. The minimum atomic E-state index is -0.422. The fourth-order valence-electron chi connectivity index (χ4n) is 5.59. The van der Waals surface area contributed by atoms with Gasteiger partial charge in [-0.05, 0) is 54.7 Å². The minimum Gasteiger partial charge on any atom is -0.506 e. The van der Waals surface area contributed by atoms with Crippen LogP contribution in [0, 0.1) is 5.92 Å². The Kier molecular flexibility index (Phi) is 5.44. The van der Waals surface area contributed by atoms with Crippen LogP contribution in [0.2, 0.25) is 5.02 Å². The first kappa shape index (κ1) is 23.4. The van der Waals surface area contributed by atoms with Gasteiger partial charge in [0.05, 0.1) is 16.7 Å². The van der Waals surface area contributed by atoms with E-state index in [1.165, 1.54) is 0 Å². The number of carbonyl (C=O) groups excluding carboxylic acids is 2. The number of benzene rings is 2. The predicted molar refractivity (Wildman–Crippen MR) is 141 cm³/mol. The summed E-state index contributed by atoms with van der Waals surface area (Å²) in [6.07, 6.45) is 0.972. The van der Waals surface area contributed by atoms with Crippen LogP contribution >= 0.6 is 11.6 Å². The second-order valence-electron chi connectivity index (χ2n) is 10.4. The lowest BCUT2D eigenvalue weighted by atomic mass is 9.75. The Morgan fingerprint density at radius 3 is 2.51 bits per heavy atom. The van der Waals surface area contributed by atoms with Crippen LogP contribution in [0.25, 0.3) is 5.57 Å². The number of allylic oxidation sites excluding steroid dienone is 4. The van der Waals surface area contributed by atoms with Crippen LogP contribution in [0.3, 0.4) is 0 Å². The second kappa shape index (κ2) is 8.13. The number of rotatable bonds is 4. The summed E-state index contributed by atoms with van der Waals surface area (Å²) in [6.45, 7) is 11.3. The van der Waals surface area contributed by atoms with Crippen LogP contribution in [0.15, 0.2) is 70.6 Å². The van der Waals surface area contributed by atoms with Crippen LogP contribution in [0.1, 0.15) is 52.2 Å². The van der Waals surface area contributed by atoms with Crippen molar-refractivity contribution < 1.29 is 14.7 Å². The predicted octanol–water partition coefficient (Wildman–Crippen LogP) is 6.56. The summed E-state index contributed by atoms with van der Waals surface area (Å²) in [5.74, 6) is -0.281. The molecule has 3 aliphatic rings. The fraction of sp³-hybridized carbons (Fsp3) is 0.310. The third kappa shape index (κ3) is 3.44. The van der Waals surface area contributed by atoms with Crippen molar-refractivity contribution >= 4 is 40.2 Å². The summed E-state index contributed by atoms with van der Waals surface area (Å²) in [7, 11) is 0. The number of amides is 1. The normalized spacial score (nSPS) is 21.9. The van der Waals surface area contributed by atoms with Gasteiger partial charge in [0.15, 0.2) is 0 Å². The van der Waals surface area contributed by atoms with E-state index in [1.807, 2.05) is 37.3 Å². The number of halogens is 1. The molecule has 35 heavy (non-hydrogen) atoms. The quantitative estimate of drug-likeness (QED) is 0.478. The summed E-state index contributed by atoms with van der Waals surface area (Å²) < 4.78 is 0. The first-order chi connectivity index (χ1) is 16.5. The summed E-state index contributed by atoms with van der Waals surface area (Å²) in [4.78, 5) is 28.4. The zero-order chi connectivity index (χ0) is 25.2. The number of aliphatic hydroxyl groups excluding tert-OH is 1. The van der Waals surface area contributed by atoms with E-state index in [1.54, 1.807) is 12.1 Å². The molecule has 2 aliphatic heterocycles. The molecule has 0 bridgehead atoms. The largest absolute Gasteiger partial charge is 0.506 e. The fourth-order valence-corrected chi connectivity index (χ4v) is 5.76. The Balaban J connectivity index is 1.67. The average molecular weight is 489 g/mol. The lowest BCUT2D eigenvalue weighted by molar-refractivity contribution is -0.114. The molecule has 1 aliphatic carbocycles. The number of Topliss-reactive ketones (excluding diaryl/α,β-unsaturated/α-hetero) is 1. The van der Waals surface area contributed by atoms with Gasteiger partial charge in [0.1, 0.15) is 5.76 Å². The van der Waals surface area contributed by atoms with Crippen molar-refractivity contribution in [1.82, 2.24) is 0 Å². The van der Waals surface area contributed by atoms with E-state index in [2.05, 4.69) is 37.9 Å². The maximum atomic E-state index is 13.5. The van der Waals surface area contributed by atoms with Crippen molar-refractivity contribution in [2.75, 3.05) is 16.8 Å². The van der Waals surface area contributed by atoms with Gasteiger partial charge >= 0.3 is 0 Å². The summed E-state index contributed by atoms with van der Waals surface area (Å²) in [6, 6.07) is 13.1. The number of para-hydroxylation sites is 1. The van der Waals surface area contributed by atoms with Gasteiger partial charge in [0, 0.05) is 39.6 Å². The molecular formula is C29H29ClN2O3. The van der Waals surface area contributed by atoms with E-state index in [9.17, 15) is 14.7 Å². The van der Waals surface area contributed by atoms with Crippen molar-refractivity contribution in [1.29, 1.82) is 0 Å². The number of anilines is 2. The third-order valence-electron chi connectivity index (χ3n) is 7.29. The molecule has 0 fully saturated rings. The van der Waals surface area contributed by atoms with E-state index in [0.717, 1.165) is 35.5 Å². The monoisotopic (exact) mass is 488 g/mol. The Bertz CT molecular complexity index is 1390. The molecular weight excluding hydrogens is 460 g/mol. The molecule has 0 saturated heterocycles. The first-order valence-electron chi connectivity index (χ1n) is 12.0. The zero-order valence-corrected chi connectivity index (χ0v) is 21.4. The number of carbonyl (C=O) groups is 2. The zero-order valence-electron chi connectivity index (χ0n) is 20.6. The van der Waals surface area contributed by atoms with Crippen molar-refractivity contribution in [3.05, 3.63) is 86.8 Å². The van der Waals surface area contributed by atoms with Crippen molar-refractivity contribution in [3.8, 4) is 0 Å². The van der Waals surface area contributed by atoms with Crippen LogP contribution in [0.4, 0.5) is 11.4 Å². The summed E-state index contributed by atoms with van der Waals surface area (Å²) in [5, 5.41) is 14.6. The van der Waals surface area contributed by atoms with E-state index in [0.29, 0.717) is 22.2 Å². The van der Waals surface area contributed by atoms with E-state index in [-0.39, 0.29) is 34.2 Å². The molecule has 2 heterocycles. The van der Waals surface area contributed by atoms with Gasteiger partial charge in [-0.1, -0.05) is 57.5 Å². The number of hydrogen-bond acceptors (Lipinski definition) is 4. The standard InChI is InChI=1S/C29H29ClN2O3/c1-15(2)12-13-32-21-11-10-17(30)14-19(21)29(4,5)27(32)16(3)22-25(33)24(26(22)34)23-18-8-6-7-9-20(18)31-28(23)35/h6-11,14-15,33H,12-13H2,1-5H3,(H,31,35)/b24-23-,27-16+. The van der Waals surface area contributed by atoms with E-state index < -0.39 is 5.41 Å². The minimum absolute atomic E-state index is 0.0903. The Morgan fingerprint density at radius 2 is 1.83 bits per heavy atom. The van der Waals surface area contributed by atoms with Crippen LogP contribution in [0.5, 0.6) is 0 Å². The summed E-state index contributed by atoms with van der Waals surface area (Å²) >= 11 is 6.37. The Labute approximate surface area is 210 Å². The number of nitrogens with one attached hydrogen (secondary N) is 1. The van der Waals surface area contributed by atoms with Crippen LogP contribution < -0.4 is 10.2 Å². The highest BCUT2D eigenvalue weighted by Gasteiger charge is 2.46. The topological polar surface area (TPSA) is 69.6 Å². The lowest BCUT2D eigenvalue weighted by Gasteiger charge is -2.33. The van der Waals surface area contributed by atoms with Crippen LogP contribution in [-0.4, -0.2) is 23.3 Å². The van der Waals surface area contributed by atoms with Gasteiger partial charge in [-0.25, -0.2) is 0 Å². The smallest absolute Gasteiger partial charge is 0.257 e. The maximum Gasteiger partial charge on any atom is 0.257 e. The van der Waals surface area contributed by atoms with Gasteiger partial charge in [-0.3, -0.25) is 9.59 Å². The van der Waals surface area contributed by atoms with Gasteiger partial charge in [0.25, 0.3) is 5.91 Å². The molecule has 0 radical (unpaired) electrons. The maximum absolute atomic E-state index is 13.5.